The van der Waals surface area contributed by atoms with Crippen LogP contribution in [0.1, 0.15) is 43.9 Å². The Hall–Kier alpha value is -1.11. The van der Waals surface area contributed by atoms with E-state index in [-0.39, 0.29) is 5.54 Å². The largest absolute Gasteiger partial charge is 0.379 e. The quantitative estimate of drug-likeness (QED) is 0.602. The Morgan fingerprint density at radius 2 is 2.04 bits per heavy atom. The predicted molar refractivity (Wildman–Crippen MR) is 105 cm³/mol. The molecule has 0 aromatic carbocycles. The number of ether oxygens (including phenoxy) is 1. The van der Waals surface area contributed by atoms with Crippen molar-refractivity contribution in [1.29, 1.82) is 0 Å². The maximum Gasteiger partial charge on any atom is 0.191 e. The van der Waals surface area contributed by atoms with Crippen molar-refractivity contribution in [3.63, 3.8) is 0 Å². The van der Waals surface area contributed by atoms with Gasteiger partial charge in [0.15, 0.2) is 5.96 Å². The van der Waals surface area contributed by atoms with Crippen molar-refractivity contribution < 1.29 is 4.74 Å². The van der Waals surface area contributed by atoms with Gasteiger partial charge in [-0.2, -0.15) is 0 Å². The molecule has 0 radical (unpaired) electrons. The lowest BCUT2D eigenvalue weighted by molar-refractivity contribution is -0.0352. The van der Waals surface area contributed by atoms with Gasteiger partial charge >= 0.3 is 0 Å². The highest BCUT2D eigenvalue weighted by Crippen LogP contribution is 2.33. The maximum atomic E-state index is 5.58. The van der Waals surface area contributed by atoms with E-state index in [9.17, 15) is 0 Å². The Labute approximate surface area is 155 Å². The van der Waals surface area contributed by atoms with Crippen LogP contribution in [-0.4, -0.2) is 55.8 Å². The highest BCUT2D eigenvalue weighted by Gasteiger charge is 2.38. The molecule has 2 aliphatic rings. The van der Waals surface area contributed by atoms with E-state index in [2.05, 4.69) is 40.0 Å². The number of aliphatic imine (C=N–C) groups is 1. The lowest BCUT2D eigenvalue weighted by atomic mass is 9.80. The van der Waals surface area contributed by atoms with E-state index in [1.807, 2.05) is 0 Å². The molecule has 3 rings (SSSR count). The monoisotopic (exact) mass is 364 g/mol. The number of nitrogens with zero attached hydrogens (tertiary/aromatic N) is 2. The number of hydrogen-bond donors (Lipinski definition) is 2. The number of hydrogen-bond acceptors (Lipinski definition) is 4. The van der Waals surface area contributed by atoms with Gasteiger partial charge in [-0.05, 0) is 31.2 Å². The van der Waals surface area contributed by atoms with Gasteiger partial charge in [0.25, 0.3) is 0 Å². The first-order chi connectivity index (χ1) is 12.3. The summed E-state index contributed by atoms with van der Waals surface area (Å²) in [6, 6.07) is 4.24. The Kier molecular flexibility index (Phi) is 7.13. The molecule has 1 aromatic heterocycles. The zero-order valence-corrected chi connectivity index (χ0v) is 16.2. The molecular formula is C19H32N4OS. The summed E-state index contributed by atoms with van der Waals surface area (Å²) in [6.45, 7) is 8.60. The van der Waals surface area contributed by atoms with Gasteiger partial charge in [-0.1, -0.05) is 25.3 Å². The maximum absolute atomic E-state index is 5.58. The van der Waals surface area contributed by atoms with Crippen LogP contribution in [0.15, 0.2) is 22.5 Å². The molecular weight excluding hydrogens is 332 g/mol. The number of morpholine rings is 1. The van der Waals surface area contributed by atoms with E-state index in [0.717, 1.165) is 51.9 Å². The minimum atomic E-state index is 0.265. The lowest BCUT2D eigenvalue weighted by Crippen LogP contribution is -2.60. The number of guanidine groups is 1. The molecule has 1 aliphatic carbocycles. The molecule has 1 aromatic rings. The molecule has 0 amide bonds. The van der Waals surface area contributed by atoms with Gasteiger partial charge in [-0.3, -0.25) is 4.90 Å². The summed E-state index contributed by atoms with van der Waals surface area (Å²) in [5, 5.41) is 9.17. The Balaban J connectivity index is 1.63. The van der Waals surface area contributed by atoms with Gasteiger partial charge in [0.1, 0.15) is 0 Å². The van der Waals surface area contributed by atoms with Gasteiger partial charge in [-0.15, -0.1) is 11.3 Å². The fraction of sp³-hybridized carbons (Fsp3) is 0.737. The smallest absolute Gasteiger partial charge is 0.191 e. The Morgan fingerprint density at radius 1 is 1.24 bits per heavy atom. The first kappa shape index (κ1) is 18.7. The fourth-order valence-corrected chi connectivity index (χ4v) is 4.63. The molecule has 0 spiro atoms. The van der Waals surface area contributed by atoms with Crippen molar-refractivity contribution in [2.75, 3.05) is 39.4 Å². The van der Waals surface area contributed by atoms with Gasteiger partial charge < -0.3 is 15.4 Å². The molecule has 2 fully saturated rings. The zero-order valence-electron chi connectivity index (χ0n) is 15.4. The first-order valence-electron chi connectivity index (χ1n) is 9.70. The molecule has 2 heterocycles. The minimum Gasteiger partial charge on any atom is -0.379 e. The van der Waals surface area contributed by atoms with E-state index < -0.39 is 0 Å². The second-order valence-electron chi connectivity index (χ2n) is 7.01. The van der Waals surface area contributed by atoms with Crippen LogP contribution in [0.4, 0.5) is 0 Å². The molecule has 1 saturated carbocycles. The van der Waals surface area contributed by atoms with E-state index >= 15 is 0 Å². The van der Waals surface area contributed by atoms with Crippen LogP contribution in [0.25, 0.3) is 0 Å². The molecule has 1 aliphatic heterocycles. The van der Waals surface area contributed by atoms with E-state index in [4.69, 9.17) is 9.73 Å². The normalized spacial score (nSPS) is 21.9. The van der Waals surface area contributed by atoms with Crippen LogP contribution >= 0.6 is 11.3 Å². The van der Waals surface area contributed by atoms with Crippen molar-refractivity contribution in [2.45, 2.75) is 51.1 Å². The summed E-state index contributed by atoms with van der Waals surface area (Å²) in [6.07, 6.45) is 6.61. The molecule has 25 heavy (non-hydrogen) atoms. The van der Waals surface area contributed by atoms with E-state index in [0.29, 0.717) is 0 Å². The average molecular weight is 365 g/mol. The summed E-state index contributed by atoms with van der Waals surface area (Å²) in [5.74, 6) is 0.939. The second kappa shape index (κ2) is 9.55. The average Bonchev–Trinajstić information content (AvgIpc) is 3.19. The standard InChI is InChI=1S/C19H32N4OS/c1-2-20-18(21-15-17-7-6-14-25-17)22-16-19(8-4-3-5-9-19)23-10-12-24-13-11-23/h6-7,14H,2-5,8-13,15-16H2,1H3,(H2,20,21,22). The summed E-state index contributed by atoms with van der Waals surface area (Å²) >= 11 is 1.77. The molecule has 5 nitrogen and oxygen atoms in total. The molecule has 2 N–H and O–H groups in total. The molecule has 0 unspecified atom stereocenters. The highest BCUT2D eigenvalue weighted by atomic mass is 32.1. The predicted octanol–water partition coefficient (Wildman–Crippen LogP) is 2.84. The van der Waals surface area contributed by atoms with Gasteiger partial charge in [-0.25, -0.2) is 4.99 Å². The molecule has 1 saturated heterocycles. The second-order valence-corrected chi connectivity index (χ2v) is 8.04. The third-order valence-corrected chi connectivity index (χ3v) is 6.23. The molecule has 0 bridgehead atoms. The van der Waals surface area contributed by atoms with Gasteiger partial charge in [0, 0.05) is 36.6 Å². The zero-order chi connectivity index (χ0) is 17.4. The topological polar surface area (TPSA) is 48.9 Å². The van der Waals surface area contributed by atoms with Gasteiger partial charge in [0.05, 0.1) is 19.8 Å². The van der Waals surface area contributed by atoms with Crippen LogP contribution in [0, 0.1) is 0 Å². The Bertz CT molecular complexity index is 520. The van der Waals surface area contributed by atoms with E-state index in [1.165, 1.54) is 37.0 Å². The molecule has 6 heteroatoms. The number of nitrogens with one attached hydrogen (secondary N) is 2. The summed E-state index contributed by atoms with van der Waals surface area (Å²) in [7, 11) is 0. The van der Waals surface area contributed by atoms with Crippen molar-refractivity contribution in [1.82, 2.24) is 15.5 Å². The molecule has 140 valence electrons. The van der Waals surface area contributed by atoms with Crippen LogP contribution in [0.3, 0.4) is 0 Å². The highest BCUT2D eigenvalue weighted by molar-refractivity contribution is 7.09. The number of rotatable bonds is 6. The molecule has 0 atom stereocenters. The van der Waals surface area contributed by atoms with Gasteiger partial charge in [0.2, 0.25) is 0 Å². The summed E-state index contributed by atoms with van der Waals surface area (Å²) in [4.78, 5) is 8.75. The van der Waals surface area contributed by atoms with Crippen LogP contribution in [-0.2, 0) is 11.3 Å². The van der Waals surface area contributed by atoms with E-state index in [1.54, 1.807) is 11.3 Å². The SMILES string of the molecule is CCNC(=NCc1cccs1)NCC1(N2CCOCC2)CCCCC1. The fourth-order valence-electron chi connectivity index (χ4n) is 4.00. The van der Waals surface area contributed by atoms with Crippen LogP contribution in [0.5, 0.6) is 0 Å². The van der Waals surface area contributed by atoms with Crippen molar-refractivity contribution in [3.05, 3.63) is 22.4 Å². The summed E-state index contributed by atoms with van der Waals surface area (Å²) in [5.41, 5.74) is 0.265. The lowest BCUT2D eigenvalue weighted by Gasteiger charge is -2.48. The third-order valence-electron chi connectivity index (χ3n) is 5.37. The van der Waals surface area contributed by atoms with Crippen molar-refractivity contribution in [2.24, 2.45) is 4.99 Å². The van der Waals surface area contributed by atoms with Crippen LogP contribution < -0.4 is 10.6 Å². The Morgan fingerprint density at radius 3 is 2.72 bits per heavy atom. The summed E-state index contributed by atoms with van der Waals surface area (Å²) < 4.78 is 5.58. The van der Waals surface area contributed by atoms with Crippen LogP contribution in [0.2, 0.25) is 0 Å². The third kappa shape index (κ3) is 5.19. The first-order valence-corrected chi connectivity index (χ1v) is 10.6. The number of thiophene rings is 1. The van der Waals surface area contributed by atoms with Crippen molar-refractivity contribution >= 4 is 17.3 Å². The van der Waals surface area contributed by atoms with Crippen molar-refractivity contribution in [3.8, 4) is 0 Å². The minimum absolute atomic E-state index is 0.265.